The van der Waals surface area contributed by atoms with Crippen LogP contribution in [0.2, 0.25) is 0 Å². The van der Waals surface area contributed by atoms with Crippen LogP contribution in [0.15, 0.2) is 72.8 Å². The predicted molar refractivity (Wildman–Crippen MR) is 115 cm³/mol. The molecule has 0 spiro atoms. The molecule has 3 rings (SSSR count). The quantitative estimate of drug-likeness (QED) is 0.632. The zero-order valence-electron chi connectivity index (χ0n) is 16.5. The minimum Gasteiger partial charge on any atom is -0.497 e. The number of hydrogen-bond acceptors (Lipinski definition) is 4. The van der Waals surface area contributed by atoms with Gasteiger partial charge in [-0.05, 0) is 54.4 Å². The van der Waals surface area contributed by atoms with Gasteiger partial charge in [-0.3, -0.25) is 9.59 Å². The monoisotopic (exact) mass is 399 g/mol. The summed E-state index contributed by atoms with van der Waals surface area (Å²) in [5.74, 6) is 0.149. The number of nitrogens with zero attached hydrogens (tertiary/aromatic N) is 1. The maximum Gasteiger partial charge on any atom is 0.255 e. The SMILES string of the molecule is COc1ccc(CCNC(=O)c2cccc(C(=O)Nc3ccccc3C#N)c2)cc1. The number of para-hydroxylation sites is 1. The van der Waals surface area contributed by atoms with Gasteiger partial charge in [0.25, 0.3) is 11.8 Å². The number of amides is 2. The lowest BCUT2D eigenvalue weighted by atomic mass is 10.1. The number of hydrogen-bond donors (Lipinski definition) is 2. The summed E-state index contributed by atoms with van der Waals surface area (Å²) in [6, 6.07) is 22.9. The molecule has 0 unspecified atom stereocenters. The topological polar surface area (TPSA) is 91.2 Å². The van der Waals surface area contributed by atoms with Gasteiger partial charge in [-0.15, -0.1) is 0 Å². The third-order valence-corrected chi connectivity index (χ3v) is 4.54. The first-order valence-electron chi connectivity index (χ1n) is 9.42. The lowest BCUT2D eigenvalue weighted by Crippen LogP contribution is -2.26. The van der Waals surface area contributed by atoms with E-state index in [-0.39, 0.29) is 11.8 Å². The maximum atomic E-state index is 12.5. The molecule has 3 aromatic carbocycles. The fraction of sp³-hybridized carbons (Fsp3) is 0.125. The molecule has 0 atom stereocenters. The van der Waals surface area contributed by atoms with Gasteiger partial charge in [0, 0.05) is 17.7 Å². The van der Waals surface area contributed by atoms with E-state index in [0.717, 1.165) is 11.3 Å². The Bertz CT molecular complexity index is 1090. The normalized spacial score (nSPS) is 10.0. The molecule has 0 bridgehead atoms. The van der Waals surface area contributed by atoms with E-state index in [9.17, 15) is 9.59 Å². The van der Waals surface area contributed by atoms with E-state index in [4.69, 9.17) is 10.00 Å². The molecular formula is C24H21N3O3. The molecular weight excluding hydrogens is 378 g/mol. The van der Waals surface area contributed by atoms with Crippen LogP contribution in [0.3, 0.4) is 0 Å². The van der Waals surface area contributed by atoms with Crippen molar-refractivity contribution in [1.82, 2.24) is 5.32 Å². The average molecular weight is 399 g/mol. The molecule has 0 aliphatic carbocycles. The van der Waals surface area contributed by atoms with Gasteiger partial charge in [0.2, 0.25) is 0 Å². The average Bonchev–Trinajstić information content (AvgIpc) is 2.80. The van der Waals surface area contributed by atoms with Crippen LogP contribution < -0.4 is 15.4 Å². The smallest absolute Gasteiger partial charge is 0.255 e. The van der Waals surface area contributed by atoms with Gasteiger partial charge in [0.05, 0.1) is 18.4 Å². The third kappa shape index (κ3) is 5.24. The van der Waals surface area contributed by atoms with Gasteiger partial charge >= 0.3 is 0 Å². The summed E-state index contributed by atoms with van der Waals surface area (Å²) in [5.41, 5.74) is 2.62. The number of nitriles is 1. The van der Waals surface area contributed by atoms with Gasteiger partial charge in [0.1, 0.15) is 11.8 Å². The molecule has 6 nitrogen and oxygen atoms in total. The summed E-state index contributed by atoms with van der Waals surface area (Å²) in [5, 5.41) is 14.7. The zero-order valence-corrected chi connectivity index (χ0v) is 16.5. The van der Waals surface area contributed by atoms with Crippen LogP contribution in [0.5, 0.6) is 5.75 Å². The van der Waals surface area contributed by atoms with Crippen molar-refractivity contribution in [2.24, 2.45) is 0 Å². The largest absolute Gasteiger partial charge is 0.497 e. The molecule has 0 saturated carbocycles. The Labute approximate surface area is 175 Å². The molecule has 0 saturated heterocycles. The van der Waals surface area contributed by atoms with Gasteiger partial charge in [-0.1, -0.05) is 30.3 Å². The van der Waals surface area contributed by atoms with Crippen LogP contribution in [-0.2, 0) is 6.42 Å². The highest BCUT2D eigenvalue weighted by atomic mass is 16.5. The Hall–Kier alpha value is -4.11. The third-order valence-electron chi connectivity index (χ3n) is 4.54. The van der Waals surface area contributed by atoms with Crippen molar-refractivity contribution >= 4 is 17.5 Å². The van der Waals surface area contributed by atoms with Gasteiger partial charge in [-0.2, -0.15) is 5.26 Å². The minimum absolute atomic E-state index is 0.254. The first-order chi connectivity index (χ1) is 14.6. The molecule has 2 amide bonds. The first kappa shape index (κ1) is 20.6. The molecule has 3 aromatic rings. The van der Waals surface area contributed by atoms with Crippen molar-refractivity contribution < 1.29 is 14.3 Å². The predicted octanol–water partition coefficient (Wildman–Crippen LogP) is 3.79. The van der Waals surface area contributed by atoms with Crippen molar-refractivity contribution in [2.45, 2.75) is 6.42 Å². The van der Waals surface area contributed by atoms with E-state index in [2.05, 4.69) is 10.6 Å². The van der Waals surface area contributed by atoms with Gasteiger partial charge in [0.15, 0.2) is 0 Å². The number of rotatable bonds is 7. The summed E-state index contributed by atoms with van der Waals surface area (Å²) in [7, 11) is 1.62. The summed E-state index contributed by atoms with van der Waals surface area (Å²) >= 11 is 0. The summed E-state index contributed by atoms with van der Waals surface area (Å²) < 4.78 is 5.13. The van der Waals surface area contributed by atoms with Crippen molar-refractivity contribution in [3.05, 3.63) is 95.1 Å². The molecule has 2 N–H and O–H groups in total. The molecule has 0 aliphatic heterocycles. The maximum absolute atomic E-state index is 12.5. The minimum atomic E-state index is -0.384. The second-order valence-electron chi connectivity index (χ2n) is 6.55. The zero-order chi connectivity index (χ0) is 21.3. The second kappa shape index (κ2) is 9.89. The number of ether oxygens (including phenoxy) is 1. The van der Waals surface area contributed by atoms with Crippen molar-refractivity contribution in [2.75, 3.05) is 19.0 Å². The Balaban J connectivity index is 1.60. The summed E-state index contributed by atoms with van der Waals surface area (Å²) in [6.07, 6.45) is 0.681. The van der Waals surface area contributed by atoms with Crippen molar-refractivity contribution in [1.29, 1.82) is 5.26 Å². The second-order valence-corrected chi connectivity index (χ2v) is 6.55. The van der Waals surface area contributed by atoms with Crippen LogP contribution in [0.25, 0.3) is 0 Å². The number of carbonyl (C=O) groups excluding carboxylic acids is 2. The van der Waals surface area contributed by atoms with E-state index in [0.29, 0.717) is 35.3 Å². The first-order valence-corrected chi connectivity index (χ1v) is 9.42. The Morgan fingerprint density at radius 2 is 1.63 bits per heavy atom. The van der Waals surface area contributed by atoms with E-state index in [1.165, 1.54) is 6.07 Å². The molecule has 150 valence electrons. The molecule has 0 heterocycles. The number of carbonyl (C=O) groups is 2. The van der Waals surface area contributed by atoms with Gasteiger partial charge < -0.3 is 15.4 Å². The fourth-order valence-electron chi connectivity index (χ4n) is 2.90. The Morgan fingerprint density at radius 1 is 0.933 bits per heavy atom. The van der Waals surface area contributed by atoms with Crippen molar-refractivity contribution in [3.8, 4) is 11.8 Å². The van der Waals surface area contributed by atoms with E-state index in [1.54, 1.807) is 49.6 Å². The highest BCUT2D eigenvalue weighted by molar-refractivity contribution is 6.06. The standard InChI is InChI=1S/C24H21N3O3/c1-30-21-11-9-17(10-12-21)13-14-26-23(28)18-6-4-7-19(15-18)24(29)27-22-8-3-2-5-20(22)16-25/h2-12,15H,13-14H2,1H3,(H,26,28)(H,27,29). The summed E-state index contributed by atoms with van der Waals surface area (Å²) in [6.45, 7) is 0.469. The van der Waals surface area contributed by atoms with Crippen molar-refractivity contribution in [3.63, 3.8) is 0 Å². The van der Waals surface area contributed by atoms with Gasteiger partial charge in [-0.25, -0.2) is 0 Å². The number of benzene rings is 3. The van der Waals surface area contributed by atoms with Crippen LogP contribution >= 0.6 is 0 Å². The molecule has 0 aromatic heterocycles. The lowest BCUT2D eigenvalue weighted by molar-refractivity contribution is 0.0954. The van der Waals surface area contributed by atoms with E-state index in [1.807, 2.05) is 30.3 Å². The number of anilines is 1. The molecule has 30 heavy (non-hydrogen) atoms. The lowest BCUT2D eigenvalue weighted by Gasteiger charge is -2.09. The van der Waals surface area contributed by atoms with E-state index < -0.39 is 0 Å². The van der Waals surface area contributed by atoms with Crippen LogP contribution in [0.4, 0.5) is 5.69 Å². The Kier molecular flexibility index (Phi) is 6.80. The Morgan fingerprint density at radius 3 is 2.33 bits per heavy atom. The summed E-state index contributed by atoms with van der Waals surface area (Å²) in [4.78, 5) is 25.0. The molecule has 6 heteroatoms. The highest BCUT2D eigenvalue weighted by Crippen LogP contribution is 2.16. The fourth-order valence-corrected chi connectivity index (χ4v) is 2.90. The van der Waals surface area contributed by atoms with E-state index >= 15 is 0 Å². The highest BCUT2D eigenvalue weighted by Gasteiger charge is 2.12. The molecule has 0 radical (unpaired) electrons. The molecule has 0 fully saturated rings. The van der Waals surface area contributed by atoms with Crippen LogP contribution in [-0.4, -0.2) is 25.5 Å². The number of methoxy groups -OCH3 is 1. The van der Waals surface area contributed by atoms with Crippen LogP contribution in [0.1, 0.15) is 31.8 Å². The number of nitrogens with one attached hydrogen (secondary N) is 2. The molecule has 0 aliphatic rings. The van der Waals surface area contributed by atoms with Crippen LogP contribution in [0, 0.1) is 11.3 Å².